The molecule has 22 heavy (non-hydrogen) atoms. The van der Waals surface area contributed by atoms with E-state index in [0.29, 0.717) is 0 Å². The molecule has 0 spiro atoms. The summed E-state index contributed by atoms with van der Waals surface area (Å²) in [6.45, 7) is 45.0. The maximum absolute atomic E-state index is 7.50. The summed E-state index contributed by atoms with van der Waals surface area (Å²) in [5, 5.41) is 0. The summed E-state index contributed by atoms with van der Waals surface area (Å²) in [6, 6.07) is 0. The van der Waals surface area contributed by atoms with Crippen molar-refractivity contribution in [1.82, 2.24) is 0 Å². The minimum atomic E-state index is 0. The minimum absolute atomic E-state index is 0. The molecule has 12 heteroatoms. The Hall–Kier alpha value is -1.30. The topological polar surface area (TPSA) is 199 Å². The van der Waals surface area contributed by atoms with Gasteiger partial charge in [0, 0.05) is 40.2 Å². The van der Waals surface area contributed by atoms with Gasteiger partial charge in [-0.05, 0) is 0 Å². The van der Waals surface area contributed by atoms with Gasteiger partial charge in [-0.2, -0.15) is 0 Å². The zero-order chi connectivity index (χ0) is 20.0. The van der Waals surface area contributed by atoms with Crippen LogP contribution in [0.2, 0.25) is 0 Å². The van der Waals surface area contributed by atoms with E-state index in [1.807, 2.05) is 0 Å². The van der Waals surface area contributed by atoms with Crippen LogP contribution in [0.1, 0.15) is 0 Å². The Morgan fingerprint density at radius 3 is 0.182 bits per heavy atom. The maximum atomic E-state index is 7.50. The van der Waals surface area contributed by atoms with E-state index in [4.69, 9.17) is 46.5 Å². The van der Waals surface area contributed by atoms with Crippen LogP contribution in [0.5, 0.6) is 0 Å². The average Bonchev–Trinajstić information content (AvgIpc) is 2.71. The maximum Gasteiger partial charge on any atom is 0 e. The van der Waals surface area contributed by atoms with Crippen LogP contribution < -0.4 is 0 Å². The number of hydrogen-bond acceptors (Lipinski definition) is 0. The van der Waals surface area contributed by atoms with E-state index >= 15 is 0 Å². The third-order valence-electron chi connectivity index (χ3n) is 0. The molecule has 0 amide bonds. The fourth-order valence-electron chi connectivity index (χ4n) is 0. The van der Waals surface area contributed by atoms with Gasteiger partial charge in [-0.25, -0.2) is 0 Å². The standard InChI is InChI=1S/10CO.2Tc/c10*1-2;;. The molecular weight excluding hydrogens is 476 g/mol. The van der Waals surface area contributed by atoms with Crippen LogP contribution in [0.25, 0.3) is 0 Å². The second kappa shape index (κ2) is 4070. The van der Waals surface area contributed by atoms with Gasteiger partial charge >= 0.3 is 113 Å². The zero-order valence-corrected chi connectivity index (χ0v) is 13.6. The Morgan fingerprint density at radius 1 is 0.182 bits per heavy atom. The first-order chi connectivity index (χ1) is 10.0. The molecule has 114 valence electrons. The summed E-state index contributed by atoms with van der Waals surface area (Å²) in [7, 11) is 0. The molecule has 2 radical (unpaired) electrons. The van der Waals surface area contributed by atoms with Crippen molar-refractivity contribution >= 4 is 0 Å². The van der Waals surface area contributed by atoms with Crippen LogP contribution in [-0.4, -0.2) is 0 Å². The van der Waals surface area contributed by atoms with Crippen LogP contribution in [0.3, 0.4) is 0 Å². The fraction of sp³-hybridized carbons (Fsp3) is 0. The van der Waals surface area contributed by atoms with E-state index in [9.17, 15) is 0 Å². The second-order valence-corrected chi connectivity index (χ2v) is 0. The van der Waals surface area contributed by atoms with Gasteiger partial charge in [0.2, 0.25) is 0 Å². The largest absolute Gasteiger partial charge is 0 e. The van der Waals surface area contributed by atoms with Crippen LogP contribution in [0.4, 0.5) is 0 Å². The molecule has 0 aliphatic heterocycles. The molecule has 0 heterocycles. The molecule has 0 aliphatic rings. The molecule has 0 aromatic carbocycles. The van der Waals surface area contributed by atoms with Gasteiger partial charge in [0.1, 0.15) is 0 Å². The molecule has 0 saturated heterocycles. The van der Waals surface area contributed by atoms with Crippen LogP contribution >= 0.6 is 0 Å². The number of hydrogen-bond donors (Lipinski definition) is 0. The smallest absolute Gasteiger partial charge is 0 e. The first-order valence-electron chi connectivity index (χ1n) is 2.04. The monoisotopic (exact) mass is 474 g/mol. The van der Waals surface area contributed by atoms with E-state index in [0.717, 1.165) is 0 Å². The van der Waals surface area contributed by atoms with E-state index < -0.39 is 0 Å². The summed E-state index contributed by atoms with van der Waals surface area (Å²) < 4.78 is 75.0. The van der Waals surface area contributed by atoms with Crippen molar-refractivity contribution < 1.29 is 86.7 Å². The quantitative estimate of drug-likeness (QED) is 0.325. The molecule has 0 atom stereocenters. The summed E-state index contributed by atoms with van der Waals surface area (Å²) in [6.07, 6.45) is 0. The van der Waals surface area contributed by atoms with Crippen molar-refractivity contribution in [1.29, 1.82) is 0 Å². The molecule has 10 nitrogen and oxygen atoms in total. The van der Waals surface area contributed by atoms with Gasteiger partial charge in [-0.3, -0.25) is 0 Å². The third kappa shape index (κ3) is 3460. The predicted molar refractivity (Wildman–Crippen MR) is 39.3 cm³/mol. The van der Waals surface area contributed by atoms with Crippen molar-refractivity contribution in [2.24, 2.45) is 0 Å². The Morgan fingerprint density at radius 2 is 0.182 bits per heavy atom. The van der Waals surface area contributed by atoms with Gasteiger partial charge < -0.3 is 0 Å². The molecule has 0 unspecified atom stereocenters. The Labute approximate surface area is 153 Å². The van der Waals surface area contributed by atoms with Crippen LogP contribution in [0, 0.1) is 66.5 Å². The molecule has 0 rings (SSSR count). The van der Waals surface area contributed by atoms with Gasteiger partial charge in [0.25, 0.3) is 0 Å². The van der Waals surface area contributed by atoms with Crippen molar-refractivity contribution in [3.8, 4) is 0 Å². The van der Waals surface area contributed by atoms with E-state index in [1.54, 1.807) is 0 Å². The van der Waals surface area contributed by atoms with E-state index in [-0.39, 0.29) is 40.2 Å². The molecular formula is C10O10Tc2. The number of rotatable bonds is 0. The summed E-state index contributed by atoms with van der Waals surface area (Å²) in [4.78, 5) is 0. The fourth-order valence-corrected chi connectivity index (χ4v) is 0. The zero-order valence-electron chi connectivity index (χ0n) is 9.84. The summed E-state index contributed by atoms with van der Waals surface area (Å²) >= 11 is 0. The van der Waals surface area contributed by atoms with Crippen molar-refractivity contribution in [3.05, 3.63) is 66.5 Å². The van der Waals surface area contributed by atoms with Crippen molar-refractivity contribution in [2.45, 2.75) is 0 Å². The molecule has 0 aliphatic carbocycles. The third-order valence-corrected chi connectivity index (χ3v) is 0. The Bertz CT molecular complexity index is 177. The SMILES string of the molecule is [C-]#[O+].[C-]#[O+].[C-]#[O+].[C-]#[O+].[C-]#[O+].[C-]#[O+].[C-]#[O+].[C-]#[O+].[C-]#[O+].[C-]#[O+].[Tc].[Tc]. The van der Waals surface area contributed by atoms with Gasteiger partial charge in [-0.1, -0.05) is 0 Å². The molecule has 0 fully saturated rings. The van der Waals surface area contributed by atoms with Crippen molar-refractivity contribution in [3.63, 3.8) is 0 Å². The first-order valence-corrected chi connectivity index (χ1v) is 2.04. The summed E-state index contributed by atoms with van der Waals surface area (Å²) in [5.74, 6) is 0. The van der Waals surface area contributed by atoms with Crippen molar-refractivity contribution in [2.75, 3.05) is 0 Å². The molecule has 0 saturated carbocycles. The van der Waals surface area contributed by atoms with Crippen LogP contribution in [-0.2, 0) is 86.7 Å². The van der Waals surface area contributed by atoms with Crippen LogP contribution in [0.15, 0.2) is 0 Å². The normalized spacial score (nSPS) is 0.909. The second-order valence-electron chi connectivity index (χ2n) is 0. The first kappa shape index (κ1) is 106. The average molecular weight is 476 g/mol. The minimum Gasteiger partial charge on any atom is 0 e. The molecule has 0 aromatic heterocycles. The van der Waals surface area contributed by atoms with Gasteiger partial charge in [0.05, 0.1) is 0 Å². The predicted octanol–water partition coefficient (Wildman–Crippen LogP) is -0.380. The van der Waals surface area contributed by atoms with E-state index in [1.165, 1.54) is 0 Å². The Kier molecular flexibility index (Phi) is 19600. The Balaban J connectivity index is -0.00000000500. The van der Waals surface area contributed by atoms with Gasteiger partial charge in [-0.15, -0.1) is 0 Å². The molecule has 0 aromatic rings. The molecule has 0 N–H and O–H groups in total. The van der Waals surface area contributed by atoms with E-state index in [2.05, 4.69) is 66.5 Å². The summed E-state index contributed by atoms with van der Waals surface area (Å²) in [5.41, 5.74) is 0. The molecule has 0 bridgehead atoms. The van der Waals surface area contributed by atoms with Gasteiger partial charge in [0.15, 0.2) is 0 Å².